The largest absolute Gasteiger partial charge is 0.416 e. The highest BCUT2D eigenvalue weighted by atomic mass is 19.4. The number of fused-ring (bicyclic) bond motifs is 2. The van der Waals surface area contributed by atoms with Crippen molar-refractivity contribution in [2.45, 2.75) is 127 Å². The van der Waals surface area contributed by atoms with Crippen LogP contribution in [-0.4, -0.2) is 129 Å². The third-order valence-corrected chi connectivity index (χ3v) is 14.3. The van der Waals surface area contributed by atoms with Crippen molar-refractivity contribution in [1.29, 1.82) is 0 Å². The second-order valence-corrected chi connectivity index (χ2v) is 19.3. The molecule has 2 aliphatic carbocycles. The summed E-state index contributed by atoms with van der Waals surface area (Å²) in [5.41, 5.74) is -1.01. The van der Waals surface area contributed by atoms with Crippen LogP contribution in [0.2, 0.25) is 0 Å². The molecule has 20 heteroatoms. The average molecular weight is 943 g/mol. The Kier molecular flexibility index (Phi) is 14.7. The number of likely N-dealkylation sites (tertiary alicyclic amines) is 2. The van der Waals surface area contributed by atoms with Gasteiger partial charge >= 0.3 is 12.4 Å². The van der Waals surface area contributed by atoms with E-state index in [4.69, 9.17) is 4.74 Å². The molecular weight excluding hydrogens is 883 g/mol. The van der Waals surface area contributed by atoms with Gasteiger partial charge in [0.1, 0.15) is 0 Å². The maximum Gasteiger partial charge on any atom is 0.416 e. The number of aromatic nitrogens is 4. The average Bonchev–Trinajstić information content (AvgIpc) is 3.27. The lowest BCUT2D eigenvalue weighted by Crippen LogP contribution is -2.63. The molecule has 2 aromatic heterocycles. The maximum absolute atomic E-state index is 13.3. The van der Waals surface area contributed by atoms with Gasteiger partial charge in [0.15, 0.2) is 5.82 Å². The van der Waals surface area contributed by atoms with Gasteiger partial charge in [0.25, 0.3) is 0 Å². The first kappa shape index (κ1) is 48.5. The Balaban J connectivity index is 0.708. The minimum atomic E-state index is -4.51. The summed E-state index contributed by atoms with van der Waals surface area (Å²) in [6.45, 7) is 9.00. The number of hydrogen-bond donors (Lipinski definition) is 5. The molecule has 14 nitrogen and oxygen atoms in total. The number of aliphatic hydroxyl groups is 1. The molecule has 3 atom stereocenters. The number of hydrogen-bond acceptors (Lipinski definition) is 12. The standard InChI is InChI=1S/C47H60F6N10O4/c1-26(2)44(29-7-13-36(14-8-29)63-24-34(25-63)59-42(65)21-55-45-37-16-31(46(48,49)50)9-4-30(37)18-56-61-45)67-27(3)43(66)28-5-11-35(12-6-28)62-22-33(23-62)58-41(64)20-54-40-19-57-60-39-15-10-32(17-38(39)40)47(51,52)53/h4,9-10,15-19,26-29,33-36,43-44,66H,5-8,11-14,20-25H2,1-3H3,(H,54,60)(H,55,61)(H,58,64)(H,59,65). The van der Waals surface area contributed by atoms with Crippen molar-refractivity contribution in [3.63, 3.8) is 0 Å². The van der Waals surface area contributed by atoms with E-state index in [1.165, 1.54) is 24.5 Å². The van der Waals surface area contributed by atoms with Gasteiger partial charge in [-0.1, -0.05) is 19.9 Å². The van der Waals surface area contributed by atoms with E-state index in [0.717, 1.165) is 88.7 Å². The minimum absolute atomic E-state index is 0.0121. The number of nitrogens with one attached hydrogen (secondary N) is 4. The third kappa shape index (κ3) is 11.7. The SMILES string of the molecule is CC(C)C(OC(C)C(O)C1CCC(N2CC(NC(=O)CNc3cnnc4ccc(C(F)(F)F)cc34)C2)CC1)C1CCC(N2CC(NC(=O)CNc3nncc4ccc(C(F)(F)F)cc34)C2)CC1. The summed E-state index contributed by atoms with van der Waals surface area (Å²) in [5, 5.41) is 39.8. The van der Waals surface area contributed by atoms with E-state index >= 15 is 0 Å². The Morgan fingerprint density at radius 3 is 1.79 bits per heavy atom. The predicted octanol–water partition coefficient (Wildman–Crippen LogP) is 6.64. The van der Waals surface area contributed by atoms with Gasteiger partial charge < -0.3 is 31.1 Å². The summed E-state index contributed by atoms with van der Waals surface area (Å²) in [6.07, 6.45) is 0.564. The van der Waals surface area contributed by atoms with Crippen molar-refractivity contribution in [3.05, 3.63) is 59.9 Å². The van der Waals surface area contributed by atoms with Crippen molar-refractivity contribution in [2.75, 3.05) is 49.9 Å². The van der Waals surface area contributed by atoms with Crippen molar-refractivity contribution < 1.29 is 45.8 Å². The monoisotopic (exact) mass is 942 g/mol. The summed E-state index contributed by atoms with van der Waals surface area (Å²) in [7, 11) is 0. The predicted molar refractivity (Wildman–Crippen MR) is 240 cm³/mol. The zero-order chi connectivity index (χ0) is 47.6. The van der Waals surface area contributed by atoms with E-state index in [-0.39, 0.29) is 77.6 Å². The molecule has 4 heterocycles. The minimum Gasteiger partial charge on any atom is -0.390 e. The Morgan fingerprint density at radius 2 is 1.22 bits per heavy atom. The van der Waals surface area contributed by atoms with Crippen LogP contribution in [0.5, 0.6) is 0 Å². The number of aliphatic hydroxyl groups excluding tert-OH is 1. The Labute approximate surface area is 385 Å². The first-order chi connectivity index (χ1) is 31.9. The highest BCUT2D eigenvalue weighted by Gasteiger charge is 2.41. The summed E-state index contributed by atoms with van der Waals surface area (Å²) in [6, 6.07) is 7.31. The zero-order valence-electron chi connectivity index (χ0n) is 37.9. The molecule has 67 heavy (non-hydrogen) atoms. The number of carbonyl (C=O) groups is 2. The molecule has 2 amide bonds. The number of anilines is 2. The van der Waals surface area contributed by atoms with Crippen LogP contribution in [0.25, 0.3) is 21.7 Å². The van der Waals surface area contributed by atoms with Crippen LogP contribution in [0.1, 0.15) is 83.3 Å². The Bertz CT molecular complexity index is 2350. The quantitative estimate of drug-likeness (QED) is 0.0761. The van der Waals surface area contributed by atoms with Gasteiger partial charge in [0.2, 0.25) is 11.8 Å². The van der Waals surface area contributed by atoms with Crippen LogP contribution in [-0.2, 0) is 26.7 Å². The topological polar surface area (TPSA) is 170 Å². The molecule has 4 fully saturated rings. The Hall–Kier alpha value is -4.92. The summed E-state index contributed by atoms with van der Waals surface area (Å²) >= 11 is 0. The molecule has 0 bridgehead atoms. The first-order valence-corrected chi connectivity index (χ1v) is 23.4. The molecule has 0 spiro atoms. The maximum atomic E-state index is 13.3. The highest BCUT2D eigenvalue weighted by molar-refractivity contribution is 5.94. The fourth-order valence-corrected chi connectivity index (χ4v) is 10.6. The highest BCUT2D eigenvalue weighted by Crippen LogP contribution is 2.39. The number of benzene rings is 2. The van der Waals surface area contributed by atoms with Gasteiger partial charge in [-0.25, -0.2) is 0 Å². The van der Waals surface area contributed by atoms with E-state index in [9.17, 15) is 41.0 Å². The number of halogens is 6. The molecular formula is C47H60F6N10O4. The van der Waals surface area contributed by atoms with E-state index in [0.29, 0.717) is 47.7 Å². The molecule has 4 aromatic rings. The van der Waals surface area contributed by atoms with Gasteiger partial charge in [-0.2, -0.15) is 41.6 Å². The van der Waals surface area contributed by atoms with Gasteiger partial charge in [-0.15, -0.1) is 5.10 Å². The van der Waals surface area contributed by atoms with E-state index in [2.05, 4.69) is 65.3 Å². The van der Waals surface area contributed by atoms with Crippen LogP contribution < -0.4 is 21.3 Å². The molecule has 2 saturated carbocycles. The van der Waals surface area contributed by atoms with E-state index in [1.807, 2.05) is 6.92 Å². The van der Waals surface area contributed by atoms with Crippen LogP contribution in [0.4, 0.5) is 37.8 Å². The van der Waals surface area contributed by atoms with E-state index in [1.54, 1.807) is 0 Å². The first-order valence-electron chi connectivity index (χ1n) is 23.4. The normalized spacial score (nSPS) is 23.9. The van der Waals surface area contributed by atoms with Crippen molar-refractivity contribution in [2.24, 2.45) is 17.8 Å². The molecule has 364 valence electrons. The lowest BCUT2D eigenvalue weighted by atomic mass is 9.77. The number of amides is 2. The number of nitrogens with zero attached hydrogens (tertiary/aromatic N) is 6. The molecule has 8 rings (SSSR count). The molecule has 2 saturated heterocycles. The van der Waals surface area contributed by atoms with Gasteiger partial charge in [-0.3, -0.25) is 19.4 Å². The molecule has 4 aliphatic rings. The van der Waals surface area contributed by atoms with Gasteiger partial charge in [0.05, 0.1) is 78.2 Å². The Morgan fingerprint density at radius 1 is 0.701 bits per heavy atom. The smallest absolute Gasteiger partial charge is 0.390 e. The van der Waals surface area contributed by atoms with Crippen LogP contribution >= 0.6 is 0 Å². The molecule has 5 N–H and O–H groups in total. The van der Waals surface area contributed by atoms with Crippen LogP contribution in [0, 0.1) is 17.8 Å². The van der Waals surface area contributed by atoms with Crippen LogP contribution in [0.3, 0.4) is 0 Å². The zero-order valence-corrected chi connectivity index (χ0v) is 37.9. The van der Waals surface area contributed by atoms with Crippen molar-refractivity contribution in [3.8, 4) is 0 Å². The third-order valence-electron chi connectivity index (χ3n) is 14.3. The van der Waals surface area contributed by atoms with Crippen molar-refractivity contribution >= 4 is 45.0 Å². The molecule has 3 unspecified atom stereocenters. The van der Waals surface area contributed by atoms with Gasteiger partial charge in [0, 0.05) is 54.4 Å². The molecule has 2 aromatic carbocycles. The fourth-order valence-electron chi connectivity index (χ4n) is 10.6. The molecule has 0 radical (unpaired) electrons. The molecule has 2 aliphatic heterocycles. The van der Waals surface area contributed by atoms with E-state index < -0.39 is 29.6 Å². The summed E-state index contributed by atoms with van der Waals surface area (Å²) < 4.78 is 86.6. The number of carbonyl (C=O) groups excluding carboxylic acids is 2. The summed E-state index contributed by atoms with van der Waals surface area (Å²) in [5.74, 6) is 0.389. The number of alkyl halides is 6. The second-order valence-electron chi connectivity index (χ2n) is 19.3. The summed E-state index contributed by atoms with van der Waals surface area (Å²) in [4.78, 5) is 30.3. The fraction of sp³-hybridized carbons (Fsp3) is 0.617. The van der Waals surface area contributed by atoms with Crippen molar-refractivity contribution in [1.82, 2.24) is 40.8 Å². The number of ether oxygens (including phenoxy) is 1. The second kappa shape index (κ2) is 20.4. The van der Waals surface area contributed by atoms with Crippen LogP contribution in [0.15, 0.2) is 48.8 Å². The number of rotatable bonds is 16. The van der Waals surface area contributed by atoms with Gasteiger partial charge in [-0.05, 0) is 106 Å². The lowest BCUT2D eigenvalue weighted by molar-refractivity contribution is -0.138. The lowest BCUT2D eigenvalue weighted by Gasteiger charge is -2.48.